The van der Waals surface area contributed by atoms with Crippen LogP contribution in [0.3, 0.4) is 0 Å². The zero-order valence-corrected chi connectivity index (χ0v) is 8.72. The van der Waals surface area contributed by atoms with Crippen LogP contribution in [0.25, 0.3) is 0 Å². The monoisotopic (exact) mass is 252 g/mol. The van der Waals surface area contributed by atoms with Crippen LogP contribution in [-0.4, -0.2) is 5.54 Å². The van der Waals surface area contributed by atoms with E-state index in [1.54, 1.807) is 30.3 Å². The Balaban J connectivity index is 0.00000441. The second kappa shape index (κ2) is 5.40. The van der Waals surface area contributed by atoms with E-state index in [-0.39, 0.29) is 23.5 Å². The summed E-state index contributed by atoms with van der Waals surface area (Å²) in [5.74, 6) is 0. The van der Waals surface area contributed by atoms with Crippen molar-refractivity contribution in [2.75, 3.05) is 0 Å². The average molecular weight is 253 g/mol. The maximum absolute atomic E-state index is 7.46. The SMILES string of the molecule is Br.[2H]C([2H])([2H])C(NCc1ccccc1)(C([2H])([2H])[2H])C([2H])([2H])[2H]. The fourth-order valence-corrected chi connectivity index (χ4v) is 0.831. The van der Waals surface area contributed by atoms with Crippen molar-refractivity contribution in [3.8, 4) is 0 Å². The highest BCUT2D eigenvalue weighted by molar-refractivity contribution is 8.93. The molecular formula is C11H18BrN. The molecule has 1 N–H and O–H groups in total. The molecule has 0 unspecified atom stereocenters. The molecule has 0 fully saturated rings. The lowest BCUT2D eigenvalue weighted by Crippen LogP contribution is -2.34. The average Bonchev–Trinajstić information content (AvgIpc) is 2.25. The van der Waals surface area contributed by atoms with Crippen LogP contribution in [0.5, 0.6) is 0 Å². The third-order valence-electron chi connectivity index (χ3n) is 1.40. The van der Waals surface area contributed by atoms with Crippen LogP contribution < -0.4 is 5.32 Å². The van der Waals surface area contributed by atoms with Gasteiger partial charge in [-0.05, 0) is 26.1 Å². The summed E-state index contributed by atoms with van der Waals surface area (Å²) >= 11 is 0. The molecule has 0 atom stereocenters. The van der Waals surface area contributed by atoms with E-state index in [1.165, 1.54) is 0 Å². The maximum Gasteiger partial charge on any atom is 0.0249 e. The molecule has 13 heavy (non-hydrogen) atoms. The minimum absolute atomic E-state index is 0. The zero-order chi connectivity index (χ0) is 16.5. The molecule has 0 amide bonds. The Labute approximate surface area is 104 Å². The highest BCUT2D eigenvalue weighted by Crippen LogP contribution is 2.03. The molecule has 0 spiro atoms. The van der Waals surface area contributed by atoms with Gasteiger partial charge in [-0.15, -0.1) is 17.0 Å². The van der Waals surface area contributed by atoms with E-state index in [1.807, 2.05) is 0 Å². The van der Waals surface area contributed by atoms with Gasteiger partial charge in [0.1, 0.15) is 0 Å². The Morgan fingerprint density at radius 1 is 1.23 bits per heavy atom. The summed E-state index contributed by atoms with van der Waals surface area (Å²) in [6.07, 6.45) is 0. The van der Waals surface area contributed by atoms with Crippen LogP contribution in [0.4, 0.5) is 0 Å². The van der Waals surface area contributed by atoms with Gasteiger partial charge in [-0.2, -0.15) is 0 Å². The number of hydrogen-bond acceptors (Lipinski definition) is 1. The highest BCUT2D eigenvalue weighted by Gasteiger charge is 2.07. The molecule has 0 saturated carbocycles. The fourth-order valence-electron chi connectivity index (χ4n) is 0.831. The number of hydrogen-bond donors (Lipinski definition) is 1. The second-order valence-corrected chi connectivity index (χ2v) is 2.59. The summed E-state index contributed by atoms with van der Waals surface area (Å²) in [4.78, 5) is 0. The maximum atomic E-state index is 7.46. The van der Waals surface area contributed by atoms with Gasteiger partial charge in [-0.1, -0.05) is 30.3 Å². The zero-order valence-electron chi connectivity index (χ0n) is 16.0. The van der Waals surface area contributed by atoms with Crippen molar-refractivity contribution in [3.05, 3.63) is 35.9 Å². The van der Waals surface area contributed by atoms with Crippen LogP contribution in [0.2, 0.25) is 0 Å². The Morgan fingerprint density at radius 2 is 1.85 bits per heavy atom. The lowest BCUT2D eigenvalue weighted by Gasteiger charge is -2.20. The molecule has 1 rings (SSSR count). The third kappa shape index (κ3) is 5.83. The first kappa shape index (κ1) is 4.03. The van der Waals surface area contributed by atoms with Crippen molar-refractivity contribution in [1.29, 1.82) is 0 Å². The summed E-state index contributed by atoms with van der Waals surface area (Å²) < 4.78 is 67.2. The molecule has 0 aromatic heterocycles. The summed E-state index contributed by atoms with van der Waals surface area (Å²) in [5, 5.41) is 2.28. The molecule has 74 valence electrons. The molecule has 0 heterocycles. The van der Waals surface area contributed by atoms with Gasteiger partial charge in [-0.3, -0.25) is 0 Å². The Hall–Kier alpha value is -0.340. The summed E-state index contributed by atoms with van der Waals surface area (Å²) in [6.45, 7) is -9.84. The fraction of sp³-hybridized carbons (Fsp3) is 0.455. The van der Waals surface area contributed by atoms with Gasteiger partial charge in [0.25, 0.3) is 0 Å². The van der Waals surface area contributed by atoms with Crippen molar-refractivity contribution in [2.45, 2.75) is 32.6 Å². The van der Waals surface area contributed by atoms with E-state index in [0.717, 1.165) is 0 Å². The van der Waals surface area contributed by atoms with E-state index >= 15 is 0 Å². The quantitative estimate of drug-likeness (QED) is 0.853. The number of benzene rings is 1. The Morgan fingerprint density at radius 3 is 2.38 bits per heavy atom. The van der Waals surface area contributed by atoms with Crippen LogP contribution in [0.1, 0.15) is 38.5 Å². The van der Waals surface area contributed by atoms with E-state index in [0.29, 0.717) is 5.56 Å². The Bertz CT molecular complexity index is 427. The summed E-state index contributed by atoms with van der Waals surface area (Å²) in [5.41, 5.74) is -2.39. The van der Waals surface area contributed by atoms with E-state index in [9.17, 15) is 0 Å². The van der Waals surface area contributed by atoms with Crippen molar-refractivity contribution < 1.29 is 12.3 Å². The first-order valence-electron chi connectivity index (χ1n) is 8.12. The van der Waals surface area contributed by atoms with Gasteiger partial charge >= 0.3 is 0 Å². The number of halogens is 1. The normalized spacial score (nSPS) is 23.8. The third-order valence-corrected chi connectivity index (χ3v) is 1.40. The number of rotatable bonds is 2. The second-order valence-electron chi connectivity index (χ2n) is 2.59. The van der Waals surface area contributed by atoms with Gasteiger partial charge in [0.15, 0.2) is 0 Å². The molecule has 2 heteroatoms. The van der Waals surface area contributed by atoms with Crippen molar-refractivity contribution in [2.24, 2.45) is 0 Å². The van der Waals surface area contributed by atoms with Gasteiger partial charge in [0.05, 0.1) is 0 Å². The van der Waals surface area contributed by atoms with Crippen molar-refractivity contribution in [3.63, 3.8) is 0 Å². The van der Waals surface area contributed by atoms with E-state index in [2.05, 4.69) is 5.32 Å². The standard InChI is InChI=1S/C11H17N.BrH/c1-11(2,3)12-9-10-7-5-4-6-8-10;/h4-8,12H,9H2,1-3H3;1H/i1D3,2D3,3D3;. The Kier molecular flexibility index (Phi) is 1.68. The van der Waals surface area contributed by atoms with Gasteiger partial charge in [0.2, 0.25) is 0 Å². The molecule has 0 aliphatic rings. The lowest BCUT2D eigenvalue weighted by molar-refractivity contribution is 0.424. The predicted molar refractivity (Wildman–Crippen MR) is 63.4 cm³/mol. The molecule has 1 nitrogen and oxygen atoms in total. The van der Waals surface area contributed by atoms with Gasteiger partial charge in [-0.25, -0.2) is 0 Å². The van der Waals surface area contributed by atoms with Crippen molar-refractivity contribution >= 4 is 17.0 Å². The van der Waals surface area contributed by atoms with E-state index in [4.69, 9.17) is 12.3 Å². The van der Waals surface area contributed by atoms with Crippen molar-refractivity contribution in [1.82, 2.24) is 5.32 Å². The molecule has 0 saturated heterocycles. The molecule has 0 aliphatic carbocycles. The molecule has 1 aromatic rings. The smallest absolute Gasteiger partial charge is 0.0249 e. The van der Waals surface area contributed by atoms with Crippen LogP contribution >= 0.6 is 17.0 Å². The minimum atomic E-state index is -3.22. The van der Waals surface area contributed by atoms with E-state index < -0.39 is 26.1 Å². The van der Waals surface area contributed by atoms with Crippen LogP contribution in [0, 0.1) is 0 Å². The van der Waals surface area contributed by atoms with Crippen LogP contribution in [-0.2, 0) is 6.54 Å². The molecule has 0 aliphatic heterocycles. The first-order chi connectivity index (χ1) is 9.33. The summed E-state index contributed by atoms with van der Waals surface area (Å²) in [6, 6.07) is 8.43. The summed E-state index contributed by atoms with van der Waals surface area (Å²) in [7, 11) is 0. The van der Waals surface area contributed by atoms with Crippen LogP contribution in [0.15, 0.2) is 30.3 Å². The largest absolute Gasteiger partial charge is 0.308 e. The molecule has 0 bridgehead atoms. The predicted octanol–water partition coefficient (Wildman–Crippen LogP) is 3.15. The highest BCUT2D eigenvalue weighted by atomic mass is 79.9. The minimum Gasteiger partial charge on any atom is -0.308 e. The lowest BCUT2D eigenvalue weighted by atomic mass is 10.1. The molecule has 0 radical (unpaired) electrons. The number of nitrogens with one attached hydrogen (secondary N) is 1. The first-order valence-corrected chi connectivity index (χ1v) is 3.62. The topological polar surface area (TPSA) is 12.0 Å². The van der Waals surface area contributed by atoms with Gasteiger partial charge < -0.3 is 5.32 Å². The molecule has 1 aromatic carbocycles. The molecular weight excluding hydrogens is 226 g/mol. The van der Waals surface area contributed by atoms with Gasteiger partial charge in [0, 0.05) is 24.4 Å².